The van der Waals surface area contributed by atoms with Crippen LogP contribution in [0.1, 0.15) is 33.6 Å². The molecule has 0 atom stereocenters. The SMILES string of the molecule is CCC(C)(C)CCOc1ccccc1NS(=O)(=O)c1ccc2[nH]c(=O)ccc2c1. The number of hydrogen-bond donors (Lipinski definition) is 2. The maximum atomic E-state index is 12.9. The average Bonchev–Trinajstić information content (AvgIpc) is 2.68. The van der Waals surface area contributed by atoms with Crippen molar-refractivity contribution in [3.05, 3.63) is 65.0 Å². The van der Waals surface area contributed by atoms with Gasteiger partial charge in [0, 0.05) is 11.6 Å². The van der Waals surface area contributed by atoms with Gasteiger partial charge in [-0.2, -0.15) is 0 Å². The fourth-order valence-corrected chi connectivity index (χ4v) is 3.90. The molecule has 2 aromatic carbocycles. The first-order chi connectivity index (χ1) is 13.7. The first-order valence-corrected chi connectivity index (χ1v) is 11.1. The number of ether oxygens (including phenoxy) is 1. The van der Waals surface area contributed by atoms with Crippen LogP contribution >= 0.6 is 0 Å². The van der Waals surface area contributed by atoms with Crippen molar-refractivity contribution in [1.29, 1.82) is 0 Å². The summed E-state index contributed by atoms with van der Waals surface area (Å²) < 4.78 is 34.3. The third-order valence-corrected chi connectivity index (χ3v) is 6.49. The fourth-order valence-electron chi connectivity index (χ4n) is 2.79. The molecule has 0 aliphatic carbocycles. The van der Waals surface area contributed by atoms with Crippen LogP contribution in [0.5, 0.6) is 5.75 Å². The van der Waals surface area contributed by atoms with E-state index in [0.29, 0.717) is 28.9 Å². The predicted octanol–water partition coefficient (Wildman–Crippen LogP) is 4.53. The van der Waals surface area contributed by atoms with Crippen molar-refractivity contribution in [1.82, 2.24) is 4.98 Å². The molecule has 7 heteroatoms. The summed E-state index contributed by atoms with van der Waals surface area (Å²) in [6.07, 6.45) is 1.91. The van der Waals surface area contributed by atoms with Gasteiger partial charge in [-0.1, -0.05) is 39.3 Å². The summed E-state index contributed by atoms with van der Waals surface area (Å²) in [4.78, 5) is 14.2. The summed E-state index contributed by atoms with van der Waals surface area (Å²) in [5.74, 6) is 0.494. The van der Waals surface area contributed by atoms with Crippen molar-refractivity contribution >= 4 is 26.6 Å². The number of sulfonamides is 1. The van der Waals surface area contributed by atoms with E-state index in [-0.39, 0.29) is 15.9 Å². The lowest BCUT2D eigenvalue weighted by atomic mass is 9.87. The maximum Gasteiger partial charge on any atom is 0.262 e. The van der Waals surface area contributed by atoms with Crippen molar-refractivity contribution in [2.24, 2.45) is 5.41 Å². The van der Waals surface area contributed by atoms with E-state index in [1.165, 1.54) is 18.2 Å². The van der Waals surface area contributed by atoms with E-state index in [0.717, 1.165) is 12.8 Å². The van der Waals surface area contributed by atoms with Gasteiger partial charge in [-0.3, -0.25) is 9.52 Å². The van der Waals surface area contributed by atoms with Crippen molar-refractivity contribution in [3.63, 3.8) is 0 Å². The number of nitrogens with one attached hydrogen (secondary N) is 2. The van der Waals surface area contributed by atoms with Gasteiger partial charge in [0.05, 0.1) is 17.2 Å². The van der Waals surface area contributed by atoms with Gasteiger partial charge in [0.25, 0.3) is 10.0 Å². The summed E-state index contributed by atoms with van der Waals surface area (Å²) >= 11 is 0. The second kappa shape index (κ2) is 8.29. The Morgan fingerprint density at radius 3 is 2.59 bits per heavy atom. The van der Waals surface area contributed by atoms with Crippen molar-refractivity contribution in [2.45, 2.75) is 38.5 Å². The van der Waals surface area contributed by atoms with Crippen LogP contribution in [-0.2, 0) is 10.0 Å². The second-order valence-electron chi connectivity index (χ2n) is 7.79. The number of rotatable bonds is 8. The zero-order valence-corrected chi connectivity index (χ0v) is 17.7. The molecule has 6 nitrogen and oxygen atoms in total. The van der Waals surface area contributed by atoms with Gasteiger partial charge >= 0.3 is 0 Å². The molecule has 0 radical (unpaired) electrons. The number of anilines is 1. The van der Waals surface area contributed by atoms with E-state index < -0.39 is 10.0 Å². The molecule has 2 N–H and O–H groups in total. The van der Waals surface area contributed by atoms with Crippen molar-refractivity contribution < 1.29 is 13.2 Å². The quantitative estimate of drug-likeness (QED) is 0.567. The predicted molar refractivity (Wildman–Crippen MR) is 116 cm³/mol. The van der Waals surface area contributed by atoms with Crippen LogP contribution in [-0.4, -0.2) is 20.0 Å². The number of para-hydroxylation sites is 2. The van der Waals surface area contributed by atoms with E-state index >= 15 is 0 Å². The van der Waals surface area contributed by atoms with Gasteiger partial charge in [0.15, 0.2) is 0 Å². The zero-order chi connectivity index (χ0) is 21.1. The Labute approximate surface area is 171 Å². The van der Waals surface area contributed by atoms with Crippen LogP contribution in [0.15, 0.2) is 64.3 Å². The lowest BCUT2D eigenvalue weighted by molar-refractivity contribution is 0.223. The second-order valence-corrected chi connectivity index (χ2v) is 9.47. The molecule has 154 valence electrons. The molecule has 0 aliphatic heterocycles. The molecule has 3 aromatic rings. The van der Waals surface area contributed by atoms with Gasteiger partial charge in [-0.25, -0.2) is 8.42 Å². The lowest BCUT2D eigenvalue weighted by Gasteiger charge is -2.23. The Kier molecular flexibility index (Phi) is 5.98. The summed E-state index contributed by atoms with van der Waals surface area (Å²) in [6.45, 7) is 7.00. The van der Waals surface area contributed by atoms with Gasteiger partial charge in [-0.05, 0) is 53.6 Å². The number of hydrogen-bond acceptors (Lipinski definition) is 4. The smallest absolute Gasteiger partial charge is 0.262 e. The third-order valence-electron chi connectivity index (χ3n) is 5.13. The van der Waals surface area contributed by atoms with Crippen LogP contribution in [0.2, 0.25) is 0 Å². The molecule has 0 saturated heterocycles. The topological polar surface area (TPSA) is 88.3 Å². The van der Waals surface area contributed by atoms with Crippen LogP contribution < -0.4 is 15.0 Å². The minimum absolute atomic E-state index is 0.110. The highest BCUT2D eigenvalue weighted by Gasteiger charge is 2.18. The molecular weight excluding hydrogens is 388 g/mol. The Morgan fingerprint density at radius 2 is 1.83 bits per heavy atom. The summed E-state index contributed by atoms with van der Waals surface area (Å²) in [7, 11) is -3.82. The standard InChI is InChI=1S/C22H26N2O4S/c1-4-22(2,3)13-14-28-20-8-6-5-7-19(20)24-29(26,27)17-10-11-18-16(15-17)9-12-21(25)23-18/h5-12,15,24H,4,13-14H2,1-3H3,(H,23,25). The molecule has 0 saturated carbocycles. The highest BCUT2D eigenvalue weighted by atomic mass is 32.2. The summed E-state index contributed by atoms with van der Waals surface area (Å²) in [5, 5.41) is 0.638. The Bertz CT molecular complexity index is 1170. The number of pyridine rings is 1. The van der Waals surface area contributed by atoms with E-state index in [9.17, 15) is 13.2 Å². The first-order valence-electron chi connectivity index (χ1n) is 9.58. The molecule has 1 heterocycles. The first kappa shape index (κ1) is 20.9. The average molecular weight is 415 g/mol. The highest BCUT2D eigenvalue weighted by molar-refractivity contribution is 7.92. The molecule has 29 heavy (non-hydrogen) atoms. The van der Waals surface area contributed by atoms with Crippen LogP contribution in [0.4, 0.5) is 5.69 Å². The minimum atomic E-state index is -3.82. The van der Waals surface area contributed by atoms with E-state index in [1.54, 1.807) is 30.3 Å². The number of H-pyrrole nitrogens is 1. The Morgan fingerprint density at radius 1 is 1.07 bits per heavy atom. The number of aromatic nitrogens is 1. The van der Waals surface area contributed by atoms with E-state index in [1.807, 2.05) is 6.07 Å². The molecule has 0 unspecified atom stereocenters. The van der Waals surface area contributed by atoms with Gasteiger partial charge in [-0.15, -0.1) is 0 Å². The monoisotopic (exact) mass is 414 g/mol. The summed E-state index contributed by atoms with van der Waals surface area (Å²) in [5.41, 5.74) is 0.909. The van der Waals surface area contributed by atoms with Gasteiger partial charge in [0.1, 0.15) is 5.75 Å². The molecule has 0 spiro atoms. The zero-order valence-electron chi connectivity index (χ0n) is 16.9. The van der Waals surface area contributed by atoms with Crippen LogP contribution in [0, 0.1) is 5.41 Å². The van der Waals surface area contributed by atoms with Gasteiger partial charge in [0.2, 0.25) is 5.56 Å². The van der Waals surface area contributed by atoms with Crippen LogP contribution in [0.3, 0.4) is 0 Å². The third kappa shape index (κ3) is 5.17. The molecule has 0 aliphatic rings. The Balaban J connectivity index is 1.82. The van der Waals surface area contributed by atoms with Crippen molar-refractivity contribution in [3.8, 4) is 5.75 Å². The van der Waals surface area contributed by atoms with E-state index in [4.69, 9.17) is 4.74 Å². The Hall–Kier alpha value is -2.80. The van der Waals surface area contributed by atoms with Crippen molar-refractivity contribution in [2.75, 3.05) is 11.3 Å². The number of fused-ring (bicyclic) bond motifs is 1. The minimum Gasteiger partial charge on any atom is -0.491 e. The highest BCUT2D eigenvalue weighted by Crippen LogP contribution is 2.29. The maximum absolute atomic E-state index is 12.9. The van der Waals surface area contributed by atoms with Gasteiger partial charge < -0.3 is 9.72 Å². The lowest BCUT2D eigenvalue weighted by Crippen LogP contribution is -2.16. The molecule has 1 aromatic heterocycles. The van der Waals surface area contributed by atoms with E-state index in [2.05, 4.69) is 30.5 Å². The molecular formula is C22H26N2O4S. The largest absolute Gasteiger partial charge is 0.491 e. The fraction of sp³-hybridized carbons (Fsp3) is 0.318. The van der Waals surface area contributed by atoms with Crippen LogP contribution in [0.25, 0.3) is 10.9 Å². The normalized spacial score (nSPS) is 12.1. The molecule has 0 amide bonds. The molecule has 3 rings (SSSR count). The number of aromatic amines is 1. The summed E-state index contributed by atoms with van der Waals surface area (Å²) in [6, 6.07) is 14.5. The molecule has 0 fully saturated rings. The molecule has 0 bridgehead atoms. The number of benzene rings is 2.